The summed E-state index contributed by atoms with van der Waals surface area (Å²) in [5, 5.41) is 23.2. The van der Waals surface area contributed by atoms with Crippen LogP contribution in [-0.4, -0.2) is 50.2 Å². The lowest BCUT2D eigenvalue weighted by Crippen LogP contribution is -2.23. The van der Waals surface area contributed by atoms with Gasteiger partial charge in [0.15, 0.2) is 0 Å². The molecule has 2 unspecified atom stereocenters. The average molecular weight is 290 g/mol. The maximum atomic E-state index is 9.46. The minimum Gasteiger partial charge on any atom is -0.389 e. The number of aromatic nitrogens is 2. The molecule has 0 radical (unpaired) electrons. The van der Waals surface area contributed by atoms with Gasteiger partial charge in [-0.15, -0.1) is 0 Å². The number of likely N-dealkylation sites (tertiary alicyclic amines) is 1. The summed E-state index contributed by atoms with van der Waals surface area (Å²) < 4.78 is 2.84. The van der Waals surface area contributed by atoms with Crippen LogP contribution < -0.4 is 0 Å². The van der Waals surface area contributed by atoms with Crippen LogP contribution >= 0.6 is 15.9 Å². The number of β-amino-alcohol motifs (C(OH)–C–C–N with tert-alkyl or cyclic N) is 2. The van der Waals surface area contributed by atoms with Gasteiger partial charge in [0.25, 0.3) is 0 Å². The molecule has 5 nitrogen and oxygen atoms in total. The number of hydrogen-bond acceptors (Lipinski definition) is 4. The highest BCUT2D eigenvalue weighted by molar-refractivity contribution is 9.10. The summed E-state index contributed by atoms with van der Waals surface area (Å²) in [5.74, 6) is 0. The molecule has 1 aliphatic heterocycles. The van der Waals surface area contributed by atoms with Crippen molar-refractivity contribution in [3.05, 3.63) is 15.9 Å². The van der Waals surface area contributed by atoms with Crippen molar-refractivity contribution < 1.29 is 10.2 Å². The minimum atomic E-state index is -0.631. The van der Waals surface area contributed by atoms with Crippen LogP contribution in [0.4, 0.5) is 0 Å². The zero-order valence-electron chi connectivity index (χ0n) is 9.39. The van der Waals surface area contributed by atoms with E-state index in [1.165, 1.54) is 0 Å². The van der Waals surface area contributed by atoms with Crippen molar-refractivity contribution >= 4 is 15.9 Å². The van der Waals surface area contributed by atoms with Gasteiger partial charge in [-0.1, -0.05) is 0 Å². The fourth-order valence-corrected chi connectivity index (χ4v) is 2.50. The van der Waals surface area contributed by atoms with Crippen molar-refractivity contribution in [1.82, 2.24) is 14.7 Å². The van der Waals surface area contributed by atoms with Crippen molar-refractivity contribution in [3.63, 3.8) is 0 Å². The van der Waals surface area contributed by atoms with E-state index in [1.807, 2.05) is 23.6 Å². The molecule has 0 bridgehead atoms. The van der Waals surface area contributed by atoms with E-state index < -0.39 is 12.2 Å². The van der Waals surface area contributed by atoms with Crippen LogP contribution in [0.15, 0.2) is 4.47 Å². The normalized spacial score (nSPS) is 26.6. The van der Waals surface area contributed by atoms with E-state index in [1.54, 1.807) is 0 Å². The molecule has 2 heterocycles. The maximum absolute atomic E-state index is 9.46. The molecule has 0 saturated carbocycles. The van der Waals surface area contributed by atoms with Gasteiger partial charge < -0.3 is 10.2 Å². The predicted molar refractivity (Wildman–Crippen MR) is 62.9 cm³/mol. The molecule has 0 spiro atoms. The van der Waals surface area contributed by atoms with Crippen LogP contribution in [0, 0.1) is 6.92 Å². The number of nitrogens with zero attached hydrogens (tertiary/aromatic N) is 3. The van der Waals surface area contributed by atoms with E-state index in [2.05, 4.69) is 21.0 Å². The molecule has 6 heteroatoms. The topological polar surface area (TPSA) is 61.5 Å². The van der Waals surface area contributed by atoms with Crippen molar-refractivity contribution in [2.45, 2.75) is 25.7 Å². The van der Waals surface area contributed by atoms with Crippen LogP contribution in [-0.2, 0) is 13.6 Å². The van der Waals surface area contributed by atoms with Gasteiger partial charge in [0, 0.05) is 26.7 Å². The maximum Gasteiger partial charge on any atom is 0.0938 e. The number of aliphatic hydroxyl groups is 2. The quantitative estimate of drug-likeness (QED) is 0.806. The summed E-state index contributed by atoms with van der Waals surface area (Å²) in [6, 6.07) is 0. The monoisotopic (exact) mass is 289 g/mol. The SMILES string of the molecule is Cc1nn(C)c(CN2CC(O)C(O)C2)c1Br. The predicted octanol–water partition coefficient (Wildman–Crippen LogP) is 0.0284. The van der Waals surface area contributed by atoms with Crippen molar-refractivity contribution in [2.24, 2.45) is 7.05 Å². The number of aliphatic hydroxyl groups excluding tert-OH is 2. The molecule has 1 aromatic rings. The number of aryl methyl sites for hydroxylation is 2. The van der Waals surface area contributed by atoms with Crippen molar-refractivity contribution in [3.8, 4) is 0 Å². The van der Waals surface area contributed by atoms with E-state index in [0.29, 0.717) is 19.6 Å². The standard InChI is InChI=1S/C10H16BrN3O2/c1-6-10(11)7(13(2)12-6)3-14-4-8(15)9(16)5-14/h8-9,15-16H,3-5H2,1-2H3. The Labute approximate surface area is 103 Å². The zero-order valence-corrected chi connectivity index (χ0v) is 11.0. The van der Waals surface area contributed by atoms with Gasteiger partial charge in [-0.2, -0.15) is 5.10 Å². The lowest BCUT2D eigenvalue weighted by molar-refractivity contribution is 0.0572. The van der Waals surface area contributed by atoms with Crippen LogP contribution in [0.3, 0.4) is 0 Å². The molecular formula is C10H16BrN3O2. The minimum absolute atomic E-state index is 0.512. The largest absolute Gasteiger partial charge is 0.389 e. The Bertz CT molecular complexity index is 384. The Balaban J connectivity index is 2.10. The van der Waals surface area contributed by atoms with E-state index in [-0.39, 0.29) is 0 Å². The van der Waals surface area contributed by atoms with Gasteiger partial charge >= 0.3 is 0 Å². The highest BCUT2D eigenvalue weighted by atomic mass is 79.9. The number of hydrogen-bond donors (Lipinski definition) is 2. The second-order valence-corrected chi connectivity index (χ2v) is 5.09. The first-order chi connectivity index (χ1) is 7.49. The molecule has 90 valence electrons. The van der Waals surface area contributed by atoms with Crippen molar-refractivity contribution in [2.75, 3.05) is 13.1 Å². The van der Waals surface area contributed by atoms with E-state index >= 15 is 0 Å². The van der Waals surface area contributed by atoms with E-state index in [0.717, 1.165) is 15.9 Å². The summed E-state index contributed by atoms with van der Waals surface area (Å²) >= 11 is 3.50. The van der Waals surface area contributed by atoms with Crippen molar-refractivity contribution in [1.29, 1.82) is 0 Å². The first-order valence-corrected chi connectivity index (χ1v) is 6.04. The molecule has 0 aliphatic carbocycles. The van der Waals surface area contributed by atoms with Gasteiger partial charge in [-0.25, -0.2) is 0 Å². The fraction of sp³-hybridized carbons (Fsp3) is 0.700. The van der Waals surface area contributed by atoms with Gasteiger partial charge in [0.1, 0.15) is 0 Å². The molecule has 1 saturated heterocycles. The second kappa shape index (κ2) is 4.44. The van der Waals surface area contributed by atoms with Gasteiger partial charge in [0.05, 0.1) is 28.1 Å². The fourth-order valence-electron chi connectivity index (χ4n) is 2.04. The first kappa shape index (κ1) is 12.0. The summed E-state index contributed by atoms with van der Waals surface area (Å²) in [7, 11) is 1.90. The molecule has 1 aromatic heterocycles. The van der Waals surface area contributed by atoms with Crippen LogP contribution in [0.5, 0.6) is 0 Å². The Morgan fingerprint density at radius 2 is 1.94 bits per heavy atom. The number of halogens is 1. The van der Waals surface area contributed by atoms with Gasteiger partial charge in [-0.3, -0.25) is 9.58 Å². The van der Waals surface area contributed by atoms with Crippen LogP contribution in [0.25, 0.3) is 0 Å². The smallest absolute Gasteiger partial charge is 0.0938 e. The van der Waals surface area contributed by atoms with Gasteiger partial charge in [0.2, 0.25) is 0 Å². The third-order valence-electron chi connectivity index (χ3n) is 2.97. The average Bonchev–Trinajstić information content (AvgIpc) is 2.63. The summed E-state index contributed by atoms with van der Waals surface area (Å²) in [5.41, 5.74) is 2.02. The van der Waals surface area contributed by atoms with E-state index in [4.69, 9.17) is 0 Å². The first-order valence-electron chi connectivity index (χ1n) is 5.25. The molecule has 2 N–H and O–H groups in total. The zero-order chi connectivity index (χ0) is 11.9. The molecule has 1 aliphatic rings. The highest BCUT2D eigenvalue weighted by Crippen LogP contribution is 2.23. The Hall–Kier alpha value is -0.430. The van der Waals surface area contributed by atoms with Crippen LogP contribution in [0.1, 0.15) is 11.4 Å². The lowest BCUT2D eigenvalue weighted by atomic mass is 10.3. The number of rotatable bonds is 2. The summed E-state index contributed by atoms with van der Waals surface area (Å²) in [6.45, 7) is 3.66. The Morgan fingerprint density at radius 3 is 2.38 bits per heavy atom. The Morgan fingerprint density at radius 1 is 1.38 bits per heavy atom. The molecule has 16 heavy (non-hydrogen) atoms. The summed E-state index contributed by atoms with van der Waals surface area (Å²) in [6.07, 6.45) is -1.26. The third-order valence-corrected chi connectivity index (χ3v) is 4.00. The molecule has 0 aromatic carbocycles. The highest BCUT2D eigenvalue weighted by Gasteiger charge is 2.30. The molecule has 2 atom stereocenters. The molecule has 2 rings (SSSR count). The summed E-state index contributed by atoms with van der Waals surface area (Å²) in [4.78, 5) is 2.02. The molecule has 1 fully saturated rings. The lowest BCUT2D eigenvalue weighted by Gasteiger charge is -2.14. The van der Waals surface area contributed by atoms with Crippen LogP contribution in [0.2, 0.25) is 0 Å². The van der Waals surface area contributed by atoms with E-state index in [9.17, 15) is 10.2 Å². The Kier molecular flexibility index (Phi) is 3.34. The van der Waals surface area contributed by atoms with Gasteiger partial charge in [-0.05, 0) is 22.9 Å². The second-order valence-electron chi connectivity index (χ2n) is 4.30. The molecule has 0 amide bonds. The third kappa shape index (κ3) is 2.15. The molecular weight excluding hydrogens is 274 g/mol.